The lowest BCUT2D eigenvalue weighted by Crippen LogP contribution is -2.15. The van der Waals surface area contributed by atoms with Crippen LogP contribution in [0.3, 0.4) is 0 Å². The van der Waals surface area contributed by atoms with E-state index in [-0.39, 0.29) is 21.9 Å². The largest absolute Gasteiger partial charge is 0.435 e. The van der Waals surface area contributed by atoms with Gasteiger partial charge in [-0.1, -0.05) is 18.2 Å². The average Bonchev–Trinajstić information content (AvgIpc) is 2.60. The number of benzene rings is 2. The summed E-state index contributed by atoms with van der Waals surface area (Å²) in [5, 5.41) is 16.6. The van der Waals surface area contributed by atoms with E-state index in [9.17, 15) is 27.3 Å². The summed E-state index contributed by atoms with van der Waals surface area (Å²) < 4.78 is 51.1. The van der Waals surface area contributed by atoms with E-state index in [1.54, 1.807) is 6.07 Å². The molecule has 2 aromatic carbocycles. The Bertz CT molecular complexity index is 1010. The van der Waals surface area contributed by atoms with Crippen LogP contribution >= 0.6 is 0 Å². The Labute approximate surface area is 153 Å². The third-order valence-corrected chi connectivity index (χ3v) is 4.11. The van der Waals surface area contributed by atoms with Crippen LogP contribution in [0.1, 0.15) is 5.56 Å². The van der Waals surface area contributed by atoms with Gasteiger partial charge in [0, 0.05) is 5.69 Å². The highest BCUT2D eigenvalue weighted by Crippen LogP contribution is 2.18. The minimum Gasteiger partial charge on any atom is -0.435 e. The Morgan fingerprint density at radius 2 is 1.89 bits per heavy atom. The van der Waals surface area contributed by atoms with Crippen molar-refractivity contribution in [2.75, 3.05) is 5.32 Å². The lowest BCUT2D eigenvalue weighted by atomic mass is 10.1. The average molecular weight is 393 g/mol. The Morgan fingerprint density at radius 3 is 2.44 bits per heavy atom. The number of nitrogens with zero attached hydrogens (tertiary/aromatic N) is 1. The number of primary sulfonamides is 1. The highest BCUT2D eigenvalue weighted by atomic mass is 32.2. The lowest BCUT2D eigenvalue weighted by Gasteiger charge is -2.06. The number of nitriles is 1. The molecule has 0 heterocycles. The molecule has 27 heavy (non-hydrogen) atoms. The molecule has 0 atom stereocenters. The van der Waals surface area contributed by atoms with Crippen molar-refractivity contribution >= 4 is 27.7 Å². The molecule has 7 nitrogen and oxygen atoms in total. The van der Waals surface area contributed by atoms with Crippen molar-refractivity contribution in [2.24, 2.45) is 5.14 Å². The molecule has 2 aromatic rings. The summed E-state index contributed by atoms with van der Waals surface area (Å²) in [4.78, 5) is 12.0. The minimum atomic E-state index is -3.94. The third-order valence-electron chi connectivity index (χ3n) is 3.20. The van der Waals surface area contributed by atoms with Gasteiger partial charge in [-0.05, 0) is 42.0 Å². The first kappa shape index (κ1) is 20.0. The number of sulfonamides is 1. The van der Waals surface area contributed by atoms with Crippen LogP contribution in [0, 0.1) is 11.3 Å². The molecule has 10 heteroatoms. The summed E-state index contributed by atoms with van der Waals surface area (Å²) in [6, 6.07) is 12.3. The highest BCUT2D eigenvalue weighted by molar-refractivity contribution is 7.89. The Morgan fingerprint density at radius 1 is 1.22 bits per heavy atom. The molecule has 0 fully saturated rings. The van der Waals surface area contributed by atoms with Crippen molar-refractivity contribution < 1.29 is 26.7 Å². The first-order valence-electron chi connectivity index (χ1n) is 7.30. The second kappa shape index (κ2) is 8.39. The van der Waals surface area contributed by atoms with E-state index in [4.69, 9.17) is 5.14 Å². The molecule has 0 spiro atoms. The molecule has 0 aliphatic rings. The normalized spacial score (nSPS) is 11.7. The fraction of sp³-hybridized carbons (Fsp3) is 0.0588. The number of amides is 1. The predicted octanol–water partition coefficient (Wildman–Crippen LogP) is 2.48. The van der Waals surface area contributed by atoms with Crippen LogP contribution in [0.4, 0.5) is 14.5 Å². The van der Waals surface area contributed by atoms with Gasteiger partial charge < -0.3 is 10.1 Å². The summed E-state index contributed by atoms with van der Waals surface area (Å²) in [6.07, 6.45) is 1.24. The first-order chi connectivity index (χ1) is 12.7. The topological polar surface area (TPSA) is 122 Å². The zero-order valence-corrected chi connectivity index (χ0v) is 14.4. The van der Waals surface area contributed by atoms with Crippen molar-refractivity contribution in [1.29, 1.82) is 5.26 Å². The van der Waals surface area contributed by atoms with Crippen LogP contribution in [-0.2, 0) is 14.8 Å². The smallest absolute Gasteiger partial charge is 0.387 e. The molecule has 0 saturated heterocycles. The SMILES string of the molecule is N#C/C(=C\c1ccc(OC(F)F)cc1)C(=O)Nc1cccc(S(N)(=O)=O)c1. The number of nitrogens with two attached hydrogens (primary N) is 1. The van der Waals surface area contributed by atoms with Gasteiger partial charge in [0.25, 0.3) is 5.91 Å². The molecular formula is C17H13F2N3O4S. The fourth-order valence-electron chi connectivity index (χ4n) is 2.01. The summed E-state index contributed by atoms with van der Waals surface area (Å²) in [7, 11) is -3.94. The van der Waals surface area contributed by atoms with Gasteiger partial charge in [-0.3, -0.25) is 4.79 Å². The molecule has 0 radical (unpaired) electrons. The molecule has 0 aromatic heterocycles. The zero-order chi connectivity index (χ0) is 20.0. The van der Waals surface area contributed by atoms with E-state index in [1.165, 1.54) is 48.5 Å². The van der Waals surface area contributed by atoms with E-state index < -0.39 is 22.5 Å². The van der Waals surface area contributed by atoms with E-state index in [0.29, 0.717) is 5.56 Å². The Balaban J connectivity index is 2.19. The lowest BCUT2D eigenvalue weighted by molar-refractivity contribution is -0.112. The highest BCUT2D eigenvalue weighted by Gasteiger charge is 2.13. The zero-order valence-electron chi connectivity index (χ0n) is 13.6. The van der Waals surface area contributed by atoms with Gasteiger partial charge in [0.1, 0.15) is 17.4 Å². The van der Waals surface area contributed by atoms with E-state index >= 15 is 0 Å². The van der Waals surface area contributed by atoms with E-state index in [1.807, 2.05) is 0 Å². The van der Waals surface area contributed by atoms with Gasteiger partial charge in [0.15, 0.2) is 0 Å². The van der Waals surface area contributed by atoms with Crippen LogP contribution < -0.4 is 15.2 Å². The molecule has 0 bridgehead atoms. The van der Waals surface area contributed by atoms with Gasteiger partial charge in [-0.25, -0.2) is 13.6 Å². The number of anilines is 1. The molecule has 140 valence electrons. The minimum absolute atomic E-state index is 0.0649. The number of nitrogens with one attached hydrogen (secondary N) is 1. The molecule has 2 rings (SSSR count). The molecule has 0 aliphatic heterocycles. The van der Waals surface area contributed by atoms with Gasteiger partial charge in [-0.2, -0.15) is 14.0 Å². The molecule has 3 N–H and O–H groups in total. The summed E-state index contributed by atoms with van der Waals surface area (Å²) >= 11 is 0. The van der Waals surface area contributed by atoms with Crippen molar-refractivity contribution in [3.8, 4) is 11.8 Å². The summed E-state index contributed by atoms with van der Waals surface area (Å²) in [5.74, 6) is -0.845. The van der Waals surface area contributed by atoms with Crippen LogP contribution in [0.5, 0.6) is 5.75 Å². The maximum absolute atomic E-state index is 12.2. The molecule has 0 saturated carbocycles. The van der Waals surface area contributed by atoms with Crippen molar-refractivity contribution in [2.45, 2.75) is 11.5 Å². The van der Waals surface area contributed by atoms with Crippen LogP contribution in [0.2, 0.25) is 0 Å². The number of hydrogen-bond acceptors (Lipinski definition) is 5. The van der Waals surface area contributed by atoms with Crippen LogP contribution in [0.25, 0.3) is 6.08 Å². The number of halogens is 2. The molecule has 0 aliphatic carbocycles. The maximum Gasteiger partial charge on any atom is 0.387 e. The molecule has 0 unspecified atom stereocenters. The van der Waals surface area contributed by atoms with Crippen molar-refractivity contribution in [3.63, 3.8) is 0 Å². The Hall–Kier alpha value is -3.29. The summed E-state index contributed by atoms with van der Waals surface area (Å²) in [6.45, 7) is -2.96. The Kier molecular flexibility index (Phi) is 6.23. The number of ether oxygens (including phenoxy) is 1. The number of hydrogen-bond donors (Lipinski definition) is 2. The molecule has 1 amide bonds. The predicted molar refractivity (Wildman–Crippen MR) is 93.1 cm³/mol. The van der Waals surface area contributed by atoms with E-state index in [2.05, 4.69) is 10.1 Å². The van der Waals surface area contributed by atoms with E-state index in [0.717, 1.165) is 6.07 Å². The standard InChI is InChI=1S/C17H13F2N3O4S/c18-17(19)26-14-6-4-11(5-7-14)8-12(10-20)16(23)22-13-2-1-3-15(9-13)27(21,24)25/h1-9,17H,(H,22,23)(H2,21,24,25)/b12-8+. The maximum atomic E-state index is 12.2. The second-order valence-corrected chi connectivity index (χ2v) is 6.71. The number of rotatable bonds is 6. The first-order valence-corrected chi connectivity index (χ1v) is 8.84. The van der Waals surface area contributed by atoms with Gasteiger partial charge in [0.2, 0.25) is 10.0 Å². The van der Waals surface area contributed by atoms with Gasteiger partial charge >= 0.3 is 6.61 Å². The number of carbonyl (C=O) groups excluding carboxylic acids is 1. The molecular weight excluding hydrogens is 380 g/mol. The van der Waals surface area contributed by atoms with Crippen molar-refractivity contribution in [3.05, 3.63) is 59.7 Å². The van der Waals surface area contributed by atoms with Crippen LogP contribution in [-0.4, -0.2) is 20.9 Å². The number of carbonyl (C=O) groups is 1. The third kappa shape index (κ3) is 5.88. The van der Waals surface area contributed by atoms with Gasteiger partial charge in [-0.15, -0.1) is 0 Å². The number of alkyl halides is 2. The van der Waals surface area contributed by atoms with Crippen molar-refractivity contribution in [1.82, 2.24) is 0 Å². The van der Waals surface area contributed by atoms with Crippen LogP contribution in [0.15, 0.2) is 59.0 Å². The monoisotopic (exact) mass is 393 g/mol. The quantitative estimate of drug-likeness (QED) is 0.577. The fourth-order valence-corrected chi connectivity index (χ4v) is 2.57. The summed E-state index contributed by atoms with van der Waals surface area (Å²) in [5.41, 5.74) is 0.258. The second-order valence-electron chi connectivity index (χ2n) is 5.14. The van der Waals surface area contributed by atoms with Gasteiger partial charge in [0.05, 0.1) is 4.90 Å².